The summed E-state index contributed by atoms with van der Waals surface area (Å²) in [6.45, 7) is 0. The molecule has 0 radical (unpaired) electrons. The zero-order valence-corrected chi connectivity index (χ0v) is 16.4. The highest BCUT2D eigenvalue weighted by Crippen LogP contribution is 2.34. The molecule has 5 rings (SSSR count). The van der Waals surface area contributed by atoms with Crippen molar-refractivity contribution in [3.8, 4) is 11.5 Å². The summed E-state index contributed by atoms with van der Waals surface area (Å²) in [7, 11) is 0. The molecule has 0 bridgehead atoms. The van der Waals surface area contributed by atoms with Gasteiger partial charge in [-0.15, -0.1) is 11.3 Å². The molecule has 2 atom stereocenters. The molecule has 0 amide bonds. The molecule has 1 aliphatic rings. The van der Waals surface area contributed by atoms with Crippen LogP contribution in [0.3, 0.4) is 0 Å². The number of thiazole rings is 1. The van der Waals surface area contributed by atoms with Crippen molar-refractivity contribution in [3.63, 3.8) is 0 Å². The van der Waals surface area contributed by atoms with E-state index in [0.717, 1.165) is 63.3 Å². The third kappa shape index (κ3) is 3.48. The lowest BCUT2D eigenvalue weighted by Crippen LogP contribution is -2.26. The van der Waals surface area contributed by atoms with Crippen molar-refractivity contribution in [2.24, 2.45) is 5.92 Å². The van der Waals surface area contributed by atoms with Gasteiger partial charge in [0.05, 0.1) is 26.8 Å². The molecule has 142 valence electrons. The van der Waals surface area contributed by atoms with Crippen LogP contribution in [0.15, 0.2) is 54.7 Å². The Morgan fingerprint density at radius 3 is 2.86 bits per heavy atom. The lowest BCUT2D eigenvalue weighted by Gasteiger charge is -2.26. The summed E-state index contributed by atoms with van der Waals surface area (Å²) >= 11 is 1.71. The number of ether oxygens (including phenoxy) is 1. The van der Waals surface area contributed by atoms with Gasteiger partial charge in [0.1, 0.15) is 11.5 Å². The van der Waals surface area contributed by atoms with Crippen LogP contribution in [0.25, 0.3) is 21.1 Å². The number of rotatable bonds is 4. The molecular formula is C23H22N2O2S. The van der Waals surface area contributed by atoms with Crippen molar-refractivity contribution in [2.75, 3.05) is 0 Å². The van der Waals surface area contributed by atoms with Crippen molar-refractivity contribution in [1.82, 2.24) is 9.97 Å². The molecule has 2 heterocycles. The Kier molecular flexibility index (Phi) is 4.71. The Morgan fingerprint density at radius 1 is 1.04 bits per heavy atom. The minimum atomic E-state index is -0.181. The average molecular weight is 391 g/mol. The molecule has 1 N–H and O–H groups in total. The third-order valence-electron chi connectivity index (χ3n) is 5.55. The highest BCUT2D eigenvalue weighted by molar-refractivity contribution is 7.18. The molecule has 0 aliphatic heterocycles. The van der Waals surface area contributed by atoms with Crippen LogP contribution < -0.4 is 4.74 Å². The van der Waals surface area contributed by atoms with Crippen LogP contribution in [0.5, 0.6) is 11.5 Å². The predicted octanol–water partition coefficient (Wildman–Crippen LogP) is 5.73. The van der Waals surface area contributed by atoms with E-state index in [1.165, 1.54) is 6.42 Å². The van der Waals surface area contributed by atoms with Crippen molar-refractivity contribution < 1.29 is 9.84 Å². The highest BCUT2D eigenvalue weighted by atomic mass is 32.1. The van der Waals surface area contributed by atoms with Gasteiger partial charge >= 0.3 is 0 Å². The molecule has 4 nitrogen and oxygen atoms in total. The Bertz CT molecular complexity index is 1120. The number of benzene rings is 2. The first kappa shape index (κ1) is 17.6. The normalized spacial score (nSPS) is 19.9. The number of aliphatic hydroxyl groups excluding tert-OH is 1. The van der Waals surface area contributed by atoms with Crippen LogP contribution in [0, 0.1) is 5.92 Å². The molecule has 0 spiro atoms. The van der Waals surface area contributed by atoms with Crippen molar-refractivity contribution in [3.05, 3.63) is 59.7 Å². The maximum absolute atomic E-state index is 10.3. The second-order valence-corrected chi connectivity index (χ2v) is 8.60. The Balaban J connectivity index is 1.40. The zero-order valence-electron chi connectivity index (χ0n) is 15.5. The van der Waals surface area contributed by atoms with E-state index in [4.69, 9.17) is 9.72 Å². The topological polar surface area (TPSA) is 55.2 Å². The first-order valence-corrected chi connectivity index (χ1v) is 10.7. The van der Waals surface area contributed by atoms with E-state index in [0.29, 0.717) is 5.92 Å². The zero-order chi connectivity index (χ0) is 18.9. The van der Waals surface area contributed by atoms with E-state index in [1.807, 2.05) is 42.5 Å². The average Bonchev–Trinajstić information content (AvgIpc) is 3.12. The molecule has 2 aromatic carbocycles. The fourth-order valence-electron chi connectivity index (χ4n) is 4.04. The fourth-order valence-corrected chi connectivity index (χ4v) is 5.13. The smallest absolute Gasteiger partial charge is 0.138 e. The molecule has 4 aromatic rings. The van der Waals surface area contributed by atoms with Gasteiger partial charge in [0, 0.05) is 24.1 Å². The number of hydrogen-bond acceptors (Lipinski definition) is 5. The largest absolute Gasteiger partial charge is 0.457 e. The molecule has 1 fully saturated rings. The molecule has 1 aliphatic carbocycles. The van der Waals surface area contributed by atoms with Gasteiger partial charge in [-0.05, 0) is 49.1 Å². The quantitative estimate of drug-likeness (QED) is 0.483. The van der Waals surface area contributed by atoms with Gasteiger partial charge in [-0.25, -0.2) is 4.98 Å². The van der Waals surface area contributed by atoms with Gasteiger partial charge in [-0.2, -0.15) is 0 Å². The van der Waals surface area contributed by atoms with Crippen LogP contribution in [-0.2, 0) is 6.42 Å². The van der Waals surface area contributed by atoms with Gasteiger partial charge in [-0.1, -0.05) is 25.0 Å². The van der Waals surface area contributed by atoms with E-state index in [-0.39, 0.29) is 6.10 Å². The lowest BCUT2D eigenvalue weighted by molar-refractivity contribution is 0.0700. The highest BCUT2D eigenvalue weighted by Gasteiger charge is 2.24. The molecule has 1 saturated carbocycles. The number of aliphatic hydroxyl groups is 1. The van der Waals surface area contributed by atoms with Crippen LogP contribution in [-0.4, -0.2) is 21.2 Å². The number of fused-ring (bicyclic) bond motifs is 2. The van der Waals surface area contributed by atoms with E-state index in [2.05, 4.69) is 11.1 Å². The number of para-hydroxylation sites is 1. The maximum atomic E-state index is 10.3. The van der Waals surface area contributed by atoms with Gasteiger partial charge < -0.3 is 9.84 Å². The SMILES string of the molecule is O[C@@H]1CCCC[C@H]1Cc1nc2ccc(Oc3ccnc4ccccc34)cc2s1. The summed E-state index contributed by atoms with van der Waals surface area (Å²) in [5, 5.41) is 12.4. The predicted molar refractivity (Wildman–Crippen MR) is 113 cm³/mol. The number of nitrogens with zero attached hydrogens (tertiary/aromatic N) is 2. The third-order valence-corrected chi connectivity index (χ3v) is 6.59. The summed E-state index contributed by atoms with van der Waals surface area (Å²) < 4.78 is 7.30. The Labute approximate surface area is 167 Å². The standard InChI is InChI=1S/C23H22N2O2S/c26-20-8-4-1-5-15(20)13-23-25-19-10-9-16(14-22(19)28-23)27-21-11-12-24-18-7-3-2-6-17(18)21/h2-3,6-7,9-12,14-15,20,26H,1,4-5,8,13H2/t15-,20+/m0/s1. The van der Waals surface area contributed by atoms with E-state index < -0.39 is 0 Å². The van der Waals surface area contributed by atoms with Crippen molar-refractivity contribution in [2.45, 2.75) is 38.2 Å². The van der Waals surface area contributed by atoms with E-state index in [1.54, 1.807) is 17.5 Å². The van der Waals surface area contributed by atoms with Crippen molar-refractivity contribution >= 4 is 32.5 Å². The summed E-state index contributed by atoms with van der Waals surface area (Å²) in [6.07, 6.45) is 6.84. The van der Waals surface area contributed by atoms with Gasteiger partial charge in [0.2, 0.25) is 0 Å². The second kappa shape index (κ2) is 7.49. The van der Waals surface area contributed by atoms with Crippen LogP contribution in [0.1, 0.15) is 30.7 Å². The van der Waals surface area contributed by atoms with Crippen molar-refractivity contribution in [1.29, 1.82) is 0 Å². The summed E-state index contributed by atoms with van der Waals surface area (Å²) in [6, 6.07) is 15.9. The van der Waals surface area contributed by atoms with E-state index in [9.17, 15) is 5.11 Å². The lowest BCUT2D eigenvalue weighted by atomic mass is 9.84. The molecule has 2 aromatic heterocycles. The number of pyridine rings is 1. The second-order valence-electron chi connectivity index (χ2n) is 7.48. The minimum absolute atomic E-state index is 0.181. The van der Waals surface area contributed by atoms with Crippen LogP contribution in [0.4, 0.5) is 0 Å². The molecule has 28 heavy (non-hydrogen) atoms. The van der Waals surface area contributed by atoms with Crippen LogP contribution in [0.2, 0.25) is 0 Å². The first-order chi connectivity index (χ1) is 13.8. The van der Waals surface area contributed by atoms with Gasteiger partial charge in [0.15, 0.2) is 0 Å². The number of hydrogen-bond donors (Lipinski definition) is 1. The molecule has 0 saturated heterocycles. The summed E-state index contributed by atoms with van der Waals surface area (Å²) in [5.74, 6) is 1.95. The molecule has 5 heteroatoms. The molecular weight excluding hydrogens is 368 g/mol. The first-order valence-electron chi connectivity index (χ1n) is 9.85. The van der Waals surface area contributed by atoms with Gasteiger partial charge in [0.25, 0.3) is 0 Å². The number of aromatic nitrogens is 2. The Hall–Kier alpha value is -2.50. The summed E-state index contributed by atoms with van der Waals surface area (Å²) in [4.78, 5) is 9.17. The Morgan fingerprint density at radius 2 is 1.93 bits per heavy atom. The molecule has 0 unspecified atom stereocenters. The van der Waals surface area contributed by atoms with Gasteiger partial charge in [-0.3, -0.25) is 4.98 Å². The minimum Gasteiger partial charge on any atom is -0.457 e. The van der Waals surface area contributed by atoms with Crippen LogP contribution >= 0.6 is 11.3 Å². The van der Waals surface area contributed by atoms with E-state index >= 15 is 0 Å². The summed E-state index contributed by atoms with van der Waals surface area (Å²) in [5.41, 5.74) is 1.92. The maximum Gasteiger partial charge on any atom is 0.138 e. The monoisotopic (exact) mass is 390 g/mol. The fraction of sp³-hybridized carbons (Fsp3) is 0.304.